The highest BCUT2D eigenvalue weighted by Gasteiger charge is 2.34. The molecule has 0 spiro atoms. The Balaban J connectivity index is 1.58. The number of carbonyl (C=O) groups is 1. The van der Waals surface area contributed by atoms with Crippen LogP contribution in [0.3, 0.4) is 0 Å². The number of amides is 1. The Morgan fingerprint density at radius 2 is 1.74 bits per heavy atom. The number of nitrogens with one attached hydrogen (secondary N) is 3. The first kappa shape index (κ1) is 19.8. The summed E-state index contributed by atoms with van der Waals surface area (Å²) < 4.78 is 16.5. The lowest BCUT2D eigenvalue weighted by atomic mass is 10.1. The van der Waals surface area contributed by atoms with E-state index in [1.807, 2.05) is 6.07 Å². The van der Waals surface area contributed by atoms with Crippen LogP contribution in [-0.2, 0) is 11.3 Å². The van der Waals surface area contributed by atoms with E-state index < -0.39 is 0 Å². The van der Waals surface area contributed by atoms with Gasteiger partial charge in [0.1, 0.15) is 32.7 Å². The number of quaternary nitrogens is 2. The van der Waals surface area contributed by atoms with Gasteiger partial charge in [0, 0.05) is 6.04 Å². The molecule has 1 aliphatic heterocycles. The van der Waals surface area contributed by atoms with Crippen molar-refractivity contribution in [3.63, 3.8) is 0 Å². The maximum Gasteiger partial charge on any atom is 0.278 e. The minimum absolute atomic E-state index is 0.0303. The fourth-order valence-electron chi connectivity index (χ4n) is 3.85. The quantitative estimate of drug-likeness (QED) is 0.523. The maximum absolute atomic E-state index is 12.3. The van der Waals surface area contributed by atoms with Crippen molar-refractivity contribution >= 4 is 5.91 Å². The molecule has 0 unspecified atom stereocenters. The fraction of sp³-hybridized carbons (Fsp3) is 0.650. The van der Waals surface area contributed by atoms with Crippen molar-refractivity contribution in [2.24, 2.45) is 0 Å². The van der Waals surface area contributed by atoms with Crippen LogP contribution < -0.4 is 29.3 Å². The molecule has 1 saturated heterocycles. The molecule has 1 amide bonds. The van der Waals surface area contributed by atoms with Gasteiger partial charge in [-0.05, 0) is 31.9 Å². The Labute approximate surface area is 161 Å². The second kappa shape index (κ2) is 8.80. The average molecular weight is 380 g/mol. The van der Waals surface area contributed by atoms with E-state index in [2.05, 4.69) is 18.3 Å². The van der Waals surface area contributed by atoms with E-state index in [0.717, 1.165) is 56.9 Å². The van der Waals surface area contributed by atoms with Crippen molar-refractivity contribution in [2.45, 2.75) is 38.4 Å². The van der Waals surface area contributed by atoms with Crippen molar-refractivity contribution in [1.29, 1.82) is 0 Å². The summed E-state index contributed by atoms with van der Waals surface area (Å²) >= 11 is 0. The van der Waals surface area contributed by atoms with Crippen LogP contribution in [0.5, 0.6) is 17.2 Å². The molecule has 0 radical (unpaired) electrons. The average Bonchev–Trinajstić information content (AvgIpc) is 3.51. The zero-order valence-corrected chi connectivity index (χ0v) is 16.9. The number of ether oxygens (including phenoxy) is 3. The van der Waals surface area contributed by atoms with Gasteiger partial charge in [-0.2, -0.15) is 0 Å². The molecular weight excluding hydrogens is 346 g/mol. The second-order valence-corrected chi connectivity index (χ2v) is 7.58. The molecule has 1 aromatic rings. The van der Waals surface area contributed by atoms with Crippen molar-refractivity contribution < 1.29 is 28.8 Å². The molecule has 2 fully saturated rings. The van der Waals surface area contributed by atoms with Gasteiger partial charge in [0.05, 0.1) is 26.9 Å². The zero-order chi connectivity index (χ0) is 19.4. The smallest absolute Gasteiger partial charge is 0.278 e. The van der Waals surface area contributed by atoms with E-state index in [4.69, 9.17) is 14.2 Å². The molecule has 1 atom stereocenters. The summed E-state index contributed by atoms with van der Waals surface area (Å²) in [6.07, 6.45) is 2.28. The molecule has 1 aromatic carbocycles. The fourth-order valence-corrected chi connectivity index (χ4v) is 3.85. The first-order valence-electron chi connectivity index (χ1n) is 9.83. The maximum atomic E-state index is 12.3. The zero-order valence-electron chi connectivity index (χ0n) is 16.9. The van der Waals surface area contributed by atoms with Crippen molar-refractivity contribution in [3.05, 3.63) is 17.7 Å². The molecule has 150 valence electrons. The van der Waals surface area contributed by atoms with Gasteiger partial charge < -0.3 is 29.3 Å². The summed E-state index contributed by atoms with van der Waals surface area (Å²) in [6.45, 7) is 7.00. The minimum atomic E-state index is 0.0303. The third kappa shape index (κ3) is 4.65. The third-order valence-corrected chi connectivity index (χ3v) is 5.75. The van der Waals surface area contributed by atoms with Crippen LogP contribution in [0.4, 0.5) is 0 Å². The Hall–Kier alpha value is -1.99. The first-order chi connectivity index (χ1) is 13.1. The summed E-state index contributed by atoms with van der Waals surface area (Å²) in [4.78, 5) is 15.2. The van der Waals surface area contributed by atoms with Crippen LogP contribution in [0.2, 0.25) is 0 Å². The molecule has 1 aliphatic carbocycles. The number of carbonyl (C=O) groups excluding carboxylic acids is 1. The van der Waals surface area contributed by atoms with Crippen molar-refractivity contribution in [2.75, 3.05) is 47.5 Å². The number of piperazine rings is 1. The highest BCUT2D eigenvalue weighted by molar-refractivity contribution is 5.80. The Morgan fingerprint density at radius 1 is 1.07 bits per heavy atom. The van der Waals surface area contributed by atoms with Crippen LogP contribution in [0.25, 0.3) is 0 Å². The van der Waals surface area contributed by atoms with Crippen LogP contribution in [0.15, 0.2) is 12.1 Å². The van der Waals surface area contributed by atoms with E-state index in [0.29, 0.717) is 17.5 Å². The topological polar surface area (TPSA) is 65.7 Å². The number of benzene rings is 1. The molecule has 0 bridgehead atoms. The lowest BCUT2D eigenvalue weighted by Crippen LogP contribution is -3.29. The summed E-state index contributed by atoms with van der Waals surface area (Å²) in [7, 11) is 4.93. The van der Waals surface area contributed by atoms with Gasteiger partial charge in [-0.25, -0.2) is 0 Å². The van der Waals surface area contributed by atoms with Gasteiger partial charge in [0.15, 0.2) is 17.5 Å². The molecule has 3 rings (SSSR count). The Bertz CT molecular complexity index is 655. The molecule has 7 nitrogen and oxygen atoms in total. The molecule has 27 heavy (non-hydrogen) atoms. The summed E-state index contributed by atoms with van der Waals surface area (Å²) in [6, 6.07) is 4.45. The van der Waals surface area contributed by atoms with Crippen LogP contribution in [0, 0.1) is 0 Å². The van der Waals surface area contributed by atoms with E-state index in [1.54, 1.807) is 21.3 Å². The van der Waals surface area contributed by atoms with Gasteiger partial charge in [0.2, 0.25) is 5.75 Å². The van der Waals surface area contributed by atoms with Gasteiger partial charge in [0.25, 0.3) is 5.91 Å². The SMILES string of the molecule is COc1ccc(C[NH+]2CC[NH+]([C@@H](C)C(=O)NC3CC3)CC2)c(OC)c1OC. The third-order valence-electron chi connectivity index (χ3n) is 5.75. The van der Waals surface area contributed by atoms with E-state index in [1.165, 1.54) is 9.80 Å². The first-order valence-corrected chi connectivity index (χ1v) is 9.83. The standard InChI is InChI=1S/C20H31N3O4/c1-14(20(24)21-16-6-7-16)23-11-9-22(10-12-23)13-15-5-8-17(25-2)19(27-4)18(15)26-3/h5,8,14,16H,6-7,9-13H2,1-4H3,(H,21,24)/p+2/t14-/m0/s1. The minimum Gasteiger partial charge on any atom is -0.493 e. The molecule has 1 heterocycles. The number of hydrogen-bond acceptors (Lipinski definition) is 4. The molecular formula is C20H33N3O4+2. The van der Waals surface area contributed by atoms with E-state index >= 15 is 0 Å². The van der Waals surface area contributed by atoms with Gasteiger partial charge in [-0.1, -0.05) is 0 Å². The summed E-state index contributed by atoms with van der Waals surface area (Å²) in [5.74, 6) is 2.28. The number of hydrogen-bond donors (Lipinski definition) is 3. The lowest BCUT2D eigenvalue weighted by Gasteiger charge is -2.33. The highest BCUT2D eigenvalue weighted by atomic mass is 16.5. The summed E-state index contributed by atoms with van der Waals surface area (Å²) in [5.41, 5.74) is 1.12. The lowest BCUT2D eigenvalue weighted by molar-refractivity contribution is -1.02. The number of rotatable bonds is 8. The van der Waals surface area contributed by atoms with Gasteiger partial charge in [-0.3, -0.25) is 4.79 Å². The monoisotopic (exact) mass is 379 g/mol. The van der Waals surface area contributed by atoms with E-state index in [-0.39, 0.29) is 11.9 Å². The molecule has 7 heteroatoms. The normalized spacial score (nSPS) is 23.4. The number of methoxy groups -OCH3 is 3. The molecule has 0 aromatic heterocycles. The van der Waals surface area contributed by atoms with Crippen LogP contribution >= 0.6 is 0 Å². The van der Waals surface area contributed by atoms with Crippen molar-refractivity contribution in [3.8, 4) is 17.2 Å². The van der Waals surface area contributed by atoms with Gasteiger partial charge >= 0.3 is 0 Å². The predicted molar refractivity (Wildman–Crippen MR) is 102 cm³/mol. The largest absolute Gasteiger partial charge is 0.493 e. The Kier molecular flexibility index (Phi) is 6.44. The summed E-state index contributed by atoms with van der Waals surface area (Å²) in [5, 5.41) is 3.13. The van der Waals surface area contributed by atoms with Crippen LogP contribution in [-0.4, -0.2) is 65.5 Å². The second-order valence-electron chi connectivity index (χ2n) is 7.58. The van der Waals surface area contributed by atoms with Crippen LogP contribution in [0.1, 0.15) is 25.3 Å². The predicted octanol–water partition coefficient (Wildman–Crippen LogP) is -1.34. The molecule has 3 N–H and O–H groups in total. The molecule has 2 aliphatic rings. The molecule has 1 saturated carbocycles. The Morgan fingerprint density at radius 3 is 2.30 bits per heavy atom. The van der Waals surface area contributed by atoms with E-state index in [9.17, 15) is 4.79 Å². The van der Waals surface area contributed by atoms with Gasteiger partial charge in [-0.15, -0.1) is 0 Å². The van der Waals surface area contributed by atoms with Crippen molar-refractivity contribution in [1.82, 2.24) is 5.32 Å². The highest BCUT2D eigenvalue weighted by Crippen LogP contribution is 2.39.